The van der Waals surface area contributed by atoms with E-state index in [-0.39, 0.29) is 0 Å². The van der Waals surface area contributed by atoms with Crippen molar-refractivity contribution in [3.8, 4) is 0 Å². The number of aromatic nitrogens is 2. The third-order valence-corrected chi connectivity index (χ3v) is 3.42. The molecule has 2 rings (SSSR count). The molecule has 0 aliphatic heterocycles. The van der Waals surface area contributed by atoms with Crippen LogP contribution in [0.25, 0.3) is 0 Å². The number of nitrogens with zero attached hydrogens (tertiary/aromatic N) is 3. The van der Waals surface area contributed by atoms with Crippen molar-refractivity contribution in [2.45, 2.75) is 26.9 Å². The smallest absolute Gasteiger partial charge is 0.131 e. The molecule has 4 heteroatoms. The first-order valence-electron chi connectivity index (χ1n) is 6.52. The second-order valence-electron chi connectivity index (χ2n) is 5.06. The summed E-state index contributed by atoms with van der Waals surface area (Å²) in [6, 6.07) is 8.61. The van der Waals surface area contributed by atoms with E-state index in [9.17, 15) is 0 Å². The van der Waals surface area contributed by atoms with Gasteiger partial charge in [-0.25, -0.2) is 0 Å². The molecule has 0 atom stereocenters. The van der Waals surface area contributed by atoms with E-state index >= 15 is 0 Å². The lowest BCUT2D eigenvalue weighted by molar-refractivity contribution is 0.725. The largest absolute Gasteiger partial charge is 0.355 e. The topological polar surface area (TPSA) is 47.1 Å². The van der Waals surface area contributed by atoms with Gasteiger partial charge in [-0.1, -0.05) is 29.8 Å². The highest BCUT2D eigenvalue weighted by atomic mass is 15.4. The molecule has 0 unspecified atom stereocenters. The van der Waals surface area contributed by atoms with Gasteiger partial charge in [-0.05, 0) is 19.4 Å². The van der Waals surface area contributed by atoms with E-state index in [1.54, 1.807) is 0 Å². The molecule has 0 amide bonds. The van der Waals surface area contributed by atoms with Crippen LogP contribution in [-0.4, -0.2) is 16.8 Å². The van der Waals surface area contributed by atoms with Crippen molar-refractivity contribution in [1.29, 1.82) is 0 Å². The third-order valence-electron chi connectivity index (χ3n) is 3.42. The van der Waals surface area contributed by atoms with Crippen LogP contribution in [-0.2, 0) is 20.1 Å². The van der Waals surface area contributed by atoms with Gasteiger partial charge in [0.2, 0.25) is 0 Å². The van der Waals surface area contributed by atoms with Gasteiger partial charge in [-0.3, -0.25) is 4.68 Å². The van der Waals surface area contributed by atoms with Crippen LogP contribution in [0.1, 0.15) is 22.4 Å². The van der Waals surface area contributed by atoms with Crippen molar-refractivity contribution >= 4 is 5.82 Å². The summed E-state index contributed by atoms with van der Waals surface area (Å²) in [5.74, 6) is 1.10. The quantitative estimate of drug-likeness (QED) is 0.914. The van der Waals surface area contributed by atoms with Gasteiger partial charge < -0.3 is 10.6 Å². The van der Waals surface area contributed by atoms with Crippen LogP contribution in [0.3, 0.4) is 0 Å². The lowest BCUT2D eigenvalue weighted by atomic mass is 10.1. The fourth-order valence-corrected chi connectivity index (χ4v) is 2.45. The number of hydrogen-bond donors (Lipinski definition) is 1. The van der Waals surface area contributed by atoms with Gasteiger partial charge in [0.05, 0.1) is 5.69 Å². The van der Waals surface area contributed by atoms with Crippen molar-refractivity contribution in [2.75, 3.05) is 11.9 Å². The highest BCUT2D eigenvalue weighted by Gasteiger charge is 2.15. The normalized spacial score (nSPS) is 10.8. The maximum absolute atomic E-state index is 5.84. The Labute approximate surface area is 114 Å². The van der Waals surface area contributed by atoms with E-state index in [0.717, 1.165) is 23.6 Å². The van der Waals surface area contributed by atoms with Crippen molar-refractivity contribution in [3.63, 3.8) is 0 Å². The summed E-state index contributed by atoms with van der Waals surface area (Å²) in [5.41, 5.74) is 10.5. The van der Waals surface area contributed by atoms with Crippen molar-refractivity contribution in [2.24, 2.45) is 12.8 Å². The van der Waals surface area contributed by atoms with E-state index < -0.39 is 0 Å². The number of rotatable bonds is 4. The minimum atomic E-state index is 0.521. The van der Waals surface area contributed by atoms with Crippen LogP contribution >= 0.6 is 0 Å². The van der Waals surface area contributed by atoms with E-state index in [0.29, 0.717) is 6.54 Å². The Balaban J connectivity index is 2.24. The first-order chi connectivity index (χ1) is 9.02. The van der Waals surface area contributed by atoms with Crippen molar-refractivity contribution in [3.05, 3.63) is 46.6 Å². The van der Waals surface area contributed by atoms with Crippen LogP contribution in [0.4, 0.5) is 5.82 Å². The second-order valence-corrected chi connectivity index (χ2v) is 5.06. The first-order valence-corrected chi connectivity index (χ1v) is 6.52. The monoisotopic (exact) mass is 258 g/mol. The zero-order valence-electron chi connectivity index (χ0n) is 12.1. The highest BCUT2D eigenvalue weighted by molar-refractivity contribution is 5.50. The zero-order valence-corrected chi connectivity index (χ0v) is 12.1. The first kappa shape index (κ1) is 13.6. The van der Waals surface area contributed by atoms with E-state index in [2.05, 4.69) is 48.2 Å². The lowest BCUT2D eigenvalue weighted by Crippen LogP contribution is -2.21. The van der Waals surface area contributed by atoms with Gasteiger partial charge in [0.1, 0.15) is 5.82 Å². The highest BCUT2D eigenvalue weighted by Crippen LogP contribution is 2.23. The van der Waals surface area contributed by atoms with E-state index in [1.165, 1.54) is 11.1 Å². The van der Waals surface area contributed by atoms with Crippen LogP contribution in [0.5, 0.6) is 0 Å². The summed E-state index contributed by atoms with van der Waals surface area (Å²) < 4.78 is 1.91. The molecule has 102 valence electrons. The molecule has 0 saturated heterocycles. The Morgan fingerprint density at radius 1 is 1.21 bits per heavy atom. The standard InChI is InChI=1S/C15H22N4/c1-11-5-7-13(8-6-11)10-18(3)15-14(9-16)12(2)17-19(15)4/h5-8H,9-10,16H2,1-4H3. The predicted molar refractivity (Wildman–Crippen MR) is 79.1 cm³/mol. The van der Waals surface area contributed by atoms with Gasteiger partial charge in [0, 0.05) is 32.7 Å². The van der Waals surface area contributed by atoms with Gasteiger partial charge in [0.25, 0.3) is 0 Å². The Hall–Kier alpha value is -1.81. The number of nitrogens with two attached hydrogens (primary N) is 1. The maximum Gasteiger partial charge on any atom is 0.131 e. The molecule has 0 radical (unpaired) electrons. The van der Waals surface area contributed by atoms with Gasteiger partial charge >= 0.3 is 0 Å². The molecule has 0 saturated carbocycles. The van der Waals surface area contributed by atoms with E-state index in [4.69, 9.17) is 5.73 Å². The van der Waals surface area contributed by atoms with Crippen LogP contribution in [0.2, 0.25) is 0 Å². The fourth-order valence-electron chi connectivity index (χ4n) is 2.45. The minimum absolute atomic E-state index is 0.521. The molecule has 1 heterocycles. The van der Waals surface area contributed by atoms with Crippen molar-refractivity contribution < 1.29 is 0 Å². The molecule has 0 aliphatic rings. The second kappa shape index (κ2) is 5.45. The van der Waals surface area contributed by atoms with Crippen LogP contribution < -0.4 is 10.6 Å². The van der Waals surface area contributed by atoms with Crippen molar-refractivity contribution in [1.82, 2.24) is 9.78 Å². The number of hydrogen-bond acceptors (Lipinski definition) is 3. The molecule has 1 aromatic carbocycles. The Morgan fingerprint density at radius 3 is 2.42 bits per heavy atom. The summed E-state index contributed by atoms with van der Waals surface area (Å²) in [7, 11) is 4.04. The maximum atomic E-state index is 5.84. The molecule has 4 nitrogen and oxygen atoms in total. The molecule has 0 fully saturated rings. The predicted octanol–water partition coefficient (Wildman–Crippen LogP) is 2.13. The van der Waals surface area contributed by atoms with E-state index in [1.807, 2.05) is 18.7 Å². The molecule has 2 N–H and O–H groups in total. The average Bonchev–Trinajstić information content (AvgIpc) is 2.66. The lowest BCUT2D eigenvalue weighted by Gasteiger charge is -2.21. The number of anilines is 1. The minimum Gasteiger partial charge on any atom is -0.355 e. The number of benzene rings is 1. The van der Waals surface area contributed by atoms with Gasteiger partial charge in [0.15, 0.2) is 0 Å². The molecule has 0 bridgehead atoms. The summed E-state index contributed by atoms with van der Waals surface area (Å²) in [6.07, 6.45) is 0. The molecular weight excluding hydrogens is 236 g/mol. The van der Waals surface area contributed by atoms with Gasteiger partial charge in [-0.2, -0.15) is 5.10 Å². The molecule has 1 aromatic heterocycles. The van der Waals surface area contributed by atoms with Crippen LogP contribution in [0, 0.1) is 13.8 Å². The average molecular weight is 258 g/mol. The molecule has 0 spiro atoms. The summed E-state index contributed by atoms with van der Waals surface area (Å²) in [5, 5.41) is 4.45. The molecule has 0 aliphatic carbocycles. The van der Waals surface area contributed by atoms with Gasteiger partial charge in [-0.15, -0.1) is 0 Å². The molecule has 19 heavy (non-hydrogen) atoms. The Bertz CT molecular complexity index is 554. The molecular formula is C15H22N4. The Morgan fingerprint density at radius 2 is 1.84 bits per heavy atom. The fraction of sp³-hybridized carbons (Fsp3) is 0.400. The summed E-state index contributed by atoms with van der Waals surface area (Å²) in [4.78, 5) is 2.20. The zero-order chi connectivity index (χ0) is 14.0. The molecule has 2 aromatic rings. The third kappa shape index (κ3) is 2.79. The summed E-state index contributed by atoms with van der Waals surface area (Å²) in [6.45, 7) is 5.48. The Kier molecular flexibility index (Phi) is 3.90. The summed E-state index contributed by atoms with van der Waals surface area (Å²) >= 11 is 0. The van der Waals surface area contributed by atoms with Crippen LogP contribution in [0.15, 0.2) is 24.3 Å². The SMILES string of the molecule is Cc1ccc(CN(C)c2c(CN)c(C)nn2C)cc1. The number of aryl methyl sites for hydroxylation is 3.